The maximum absolute atomic E-state index is 11.8. The maximum Gasteiger partial charge on any atom is 0.319 e. The molecule has 0 aliphatic carbocycles. The van der Waals surface area contributed by atoms with Crippen molar-refractivity contribution in [3.63, 3.8) is 0 Å². The number of carbonyl (C=O) groups excluding carboxylic acids is 1. The molecule has 19 heavy (non-hydrogen) atoms. The highest BCUT2D eigenvalue weighted by Gasteiger charge is 2.15. The first-order valence-electron chi connectivity index (χ1n) is 7.07. The molecule has 0 aromatic carbocycles. The number of aryl methyl sites for hydroxylation is 1. The zero-order chi connectivity index (χ0) is 14.4. The second-order valence-electron chi connectivity index (χ2n) is 5.17. The molecule has 1 aromatic heterocycles. The highest BCUT2D eigenvalue weighted by Crippen LogP contribution is 2.22. The molecular formula is C14H26N4O. The Morgan fingerprint density at radius 2 is 2.00 bits per heavy atom. The minimum Gasteiger partial charge on any atom is -0.338 e. The van der Waals surface area contributed by atoms with Gasteiger partial charge in [0.1, 0.15) is 0 Å². The fourth-order valence-corrected chi connectivity index (χ4v) is 2.08. The first-order valence-corrected chi connectivity index (χ1v) is 7.07. The Hall–Kier alpha value is -1.52. The molecule has 5 heteroatoms. The zero-order valence-corrected chi connectivity index (χ0v) is 12.7. The molecule has 0 unspecified atom stereocenters. The fraction of sp³-hybridized carbons (Fsp3) is 0.714. The number of urea groups is 1. The van der Waals surface area contributed by atoms with Gasteiger partial charge in [-0.2, -0.15) is 5.10 Å². The van der Waals surface area contributed by atoms with Gasteiger partial charge in [0.2, 0.25) is 0 Å². The Balaban J connectivity index is 2.59. The quantitative estimate of drug-likeness (QED) is 0.775. The molecule has 0 saturated heterocycles. The lowest BCUT2D eigenvalue weighted by Gasteiger charge is -2.10. The second-order valence-corrected chi connectivity index (χ2v) is 5.17. The van der Waals surface area contributed by atoms with E-state index in [9.17, 15) is 4.79 Å². The van der Waals surface area contributed by atoms with Crippen molar-refractivity contribution >= 4 is 11.7 Å². The van der Waals surface area contributed by atoms with Crippen molar-refractivity contribution in [2.45, 2.75) is 59.9 Å². The summed E-state index contributed by atoms with van der Waals surface area (Å²) in [6, 6.07) is 0.146. The molecule has 0 radical (unpaired) electrons. The SMILES string of the molecule is CCCCCNC(=O)Nc1c(C)nn(C(C)C)c1C. The summed E-state index contributed by atoms with van der Waals surface area (Å²) in [5, 5.41) is 10.2. The van der Waals surface area contributed by atoms with Crippen LogP contribution in [-0.4, -0.2) is 22.4 Å². The van der Waals surface area contributed by atoms with Gasteiger partial charge in [-0.15, -0.1) is 0 Å². The predicted octanol–water partition coefficient (Wildman–Crippen LogP) is 3.39. The van der Waals surface area contributed by atoms with Crippen molar-refractivity contribution in [3.8, 4) is 0 Å². The van der Waals surface area contributed by atoms with Gasteiger partial charge >= 0.3 is 6.03 Å². The summed E-state index contributed by atoms with van der Waals surface area (Å²) < 4.78 is 1.93. The molecule has 2 N–H and O–H groups in total. The van der Waals surface area contributed by atoms with Crippen molar-refractivity contribution in [1.82, 2.24) is 15.1 Å². The van der Waals surface area contributed by atoms with Gasteiger partial charge in [-0.1, -0.05) is 19.8 Å². The molecule has 0 atom stereocenters. The number of nitrogens with zero attached hydrogens (tertiary/aromatic N) is 2. The highest BCUT2D eigenvalue weighted by atomic mass is 16.2. The maximum atomic E-state index is 11.8. The van der Waals surface area contributed by atoms with E-state index in [0.29, 0.717) is 6.04 Å². The van der Waals surface area contributed by atoms with Crippen LogP contribution >= 0.6 is 0 Å². The average molecular weight is 266 g/mol. The van der Waals surface area contributed by atoms with Gasteiger partial charge in [0.05, 0.1) is 17.1 Å². The van der Waals surface area contributed by atoms with Crippen LogP contribution in [0.25, 0.3) is 0 Å². The summed E-state index contributed by atoms with van der Waals surface area (Å²) in [5.74, 6) is 0. The minimum absolute atomic E-state index is 0.148. The largest absolute Gasteiger partial charge is 0.338 e. The number of hydrogen-bond acceptors (Lipinski definition) is 2. The Morgan fingerprint density at radius 3 is 2.53 bits per heavy atom. The topological polar surface area (TPSA) is 59.0 Å². The molecule has 108 valence electrons. The van der Waals surface area contributed by atoms with Crippen molar-refractivity contribution in [2.75, 3.05) is 11.9 Å². The van der Waals surface area contributed by atoms with Crippen LogP contribution in [0.1, 0.15) is 57.5 Å². The summed E-state index contributed by atoms with van der Waals surface area (Å²) in [4.78, 5) is 11.8. The Bertz CT molecular complexity index is 423. The van der Waals surface area contributed by atoms with Crippen LogP contribution < -0.4 is 10.6 Å². The summed E-state index contributed by atoms with van der Waals surface area (Å²) >= 11 is 0. The van der Waals surface area contributed by atoms with Gasteiger partial charge in [0.15, 0.2) is 0 Å². The fourth-order valence-electron chi connectivity index (χ4n) is 2.08. The van der Waals surface area contributed by atoms with Gasteiger partial charge in [-0.05, 0) is 34.1 Å². The second kappa shape index (κ2) is 7.16. The van der Waals surface area contributed by atoms with Crippen LogP contribution in [0, 0.1) is 13.8 Å². The van der Waals surface area contributed by atoms with Crippen LogP contribution in [0.3, 0.4) is 0 Å². The van der Waals surface area contributed by atoms with Gasteiger partial charge in [-0.3, -0.25) is 4.68 Å². The van der Waals surface area contributed by atoms with Crippen LogP contribution in [0.4, 0.5) is 10.5 Å². The smallest absolute Gasteiger partial charge is 0.319 e. The van der Waals surface area contributed by atoms with E-state index < -0.39 is 0 Å². The lowest BCUT2D eigenvalue weighted by atomic mass is 10.2. The number of anilines is 1. The number of unbranched alkanes of at least 4 members (excludes halogenated alkanes) is 2. The third kappa shape index (κ3) is 4.26. The number of nitrogens with one attached hydrogen (secondary N) is 2. The number of amides is 2. The van der Waals surface area contributed by atoms with E-state index in [1.807, 2.05) is 18.5 Å². The standard InChI is InChI=1S/C14H26N4O/c1-6-7-8-9-15-14(19)16-13-11(4)17-18(10(2)3)12(13)5/h10H,6-9H2,1-5H3,(H2,15,16,19). The van der Waals surface area contributed by atoms with E-state index in [1.54, 1.807) is 0 Å². The summed E-state index contributed by atoms with van der Waals surface area (Å²) in [6.45, 7) is 10.9. The van der Waals surface area contributed by atoms with Crippen molar-refractivity contribution in [3.05, 3.63) is 11.4 Å². The molecule has 5 nitrogen and oxygen atoms in total. The number of hydrogen-bond donors (Lipinski definition) is 2. The molecule has 1 rings (SSSR count). The molecule has 0 spiro atoms. The van der Waals surface area contributed by atoms with Crippen molar-refractivity contribution < 1.29 is 4.79 Å². The van der Waals surface area contributed by atoms with Crippen LogP contribution in [0.2, 0.25) is 0 Å². The first-order chi connectivity index (χ1) is 8.97. The zero-order valence-electron chi connectivity index (χ0n) is 12.7. The molecule has 0 saturated carbocycles. The summed E-state index contributed by atoms with van der Waals surface area (Å²) in [6.07, 6.45) is 3.32. The predicted molar refractivity (Wildman–Crippen MR) is 78.6 cm³/mol. The van der Waals surface area contributed by atoms with Crippen LogP contribution in [-0.2, 0) is 0 Å². The molecular weight excluding hydrogens is 240 g/mol. The third-order valence-electron chi connectivity index (χ3n) is 3.12. The Morgan fingerprint density at radius 1 is 1.32 bits per heavy atom. The molecule has 1 aromatic rings. The first kappa shape index (κ1) is 15.5. The molecule has 0 fully saturated rings. The van der Waals surface area contributed by atoms with Crippen molar-refractivity contribution in [1.29, 1.82) is 0 Å². The van der Waals surface area contributed by atoms with E-state index >= 15 is 0 Å². The van der Waals surface area contributed by atoms with E-state index in [2.05, 4.69) is 36.5 Å². The van der Waals surface area contributed by atoms with Gasteiger partial charge < -0.3 is 10.6 Å². The molecule has 0 bridgehead atoms. The molecule has 1 heterocycles. The van der Waals surface area contributed by atoms with Gasteiger partial charge in [0, 0.05) is 12.6 Å². The van der Waals surface area contributed by atoms with Crippen LogP contribution in [0.5, 0.6) is 0 Å². The number of rotatable bonds is 6. The van der Waals surface area contributed by atoms with Crippen molar-refractivity contribution in [2.24, 2.45) is 0 Å². The lowest BCUT2D eigenvalue weighted by molar-refractivity contribution is 0.252. The monoisotopic (exact) mass is 266 g/mol. The van der Waals surface area contributed by atoms with Gasteiger partial charge in [-0.25, -0.2) is 4.79 Å². The van der Waals surface area contributed by atoms with Gasteiger partial charge in [0.25, 0.3) is 0 Å². The normalized spacial score (nSPS) is 10.8. The summed E-state index contributed by atoms with van der Waals surface area (Å²) in [5.41, 5.74) is 2.67. The van der Waals surface area contributed by atoms with E-state index in [-0.39, 0.29) is 6.03 Å². The lowest BCUT2D eigenvalue weighted by Crippen LogP contribution is -2.29. The number of carbonyl (C=O) groups is 1. The van der Waals surface area contributed by atoms with E-state index in [1.165, 1.54) is 0 Å². The minimum atomic E-state index is -0.148. The third-order valence-corrected chi connectivity index (χ3v) is 3.12. The highest BCUT2D eigenvalue weighted by molar-refractivity contribution is 5.90. The number of aromatic nitrogens is 2. The Kier molecular flexibility index (Phi) is 5.86. The van der Waals surface area contributed by atoms with E-state index in [4.69, 9.17) is 0 Å². The van der Waals surface area contributed by atoms with Crippen LogP contribution in [0.15, 0.2) is 0 Å². The molecule has 2 amide bonds. The molecule has 0 aliphatic rings. The van der Waals surface area contributed by atoms with E-state index in [0.717, 1.165) is 42.9 Å². The summed E-state index contributed by atoms with van der Waals surface area (Å²) in [7, 11) is 0. The Labute approximate surface area is 115 Å². The average Bonchev–Trinajstić information content (AvgIpc) is 2.63. The molecule has 0 aliphatic heterocycles.